The molecule has 8 N–H and O–H groups in total. The van der Waals surface area contributed by atoms with Crippen molar-refractivity contribution >= 4 is 29.6 Å². The summed E-state index contributed by atoms with van der Waals surface area (Å²) < 4.78 is 46.5. The molecule has 73 heavy (non-hydrogen) atoms. The minimum atomic E-state index is -3.72. The van der Waals surface area contributed by atoms with E-state index in [2.05, 4.69) is 185 Å². The molecule has 4 aromatic carbocycles. The van der Waals surface area contributed by atoms with E-state index in [1.165, 1.54) is 0 Å². The zero-order valence-electron chi connectivity index (χ0n) is 41.2. The van der Waals surface area contributed by atoms with Gasteiger partial charge in [0.05, 0.1) is 49.3 Å². The van der Waals surface area contributed by atoms with Crippen LogP contribution < -0.4 is 61.5 Å². The molecular formula is C56H72Cl2N8O6S. The number of benzene rings is 4. The van der Waals surface area contributed by atoms with E-state index in [1.54, 1.807) is 0 Å². The van der Waals surface area contributed by atoms with E-state index in [-0.39, 0.29) is 97.4 Å². The number of ether oxygens (including phenoxy) is 4. The highest BCUT2D eigenvalue weighted by Gasteiger charge is 2.59. The van der Waals surface area contributed by atoms with Gasteiger partial charge in [-0.1, -0.05) is 72.8 Å². The molecule has 0 spiro atoms. The lowest BCUT2D eigenvalue weighted by Gasteiger charge is -2.41. The monoisotopic (exact) mass is 1050 g/mol. The van der Waals surface area contributed by atoms with Crippen LogP contribution in [-0.4, -0.2) is 82.2 Å². The quantitative estimate of drug-likeness (QED) is 0.0816. The molecule has 17 heteroatoms. The predicted octanol–water partition coefficient (Wildman–Crippen LogP) is 7.54. The van der Waals surface area contributed by atoms with Gasteiger partial charge in [-0.05, 0) is 149 Å². The molecule has 4 aliphatic carbocycles. The Kier molecular flexibility index (Phi) is 15.2. The Morgan fingerprint density at radius 1 is 0.315 bits per heavy atom. The van der Waals surface area contributed by atoms with E-state index in [0.29, 0.717) is 23.7 Å². The molecule has 4 saturated carbocycles. The summed E-state index contributed by atoms with van der Waals surface area (Å²) in [5, 5.41) is 34.5. The first kappa shape index (κ1) is 50.1. The molecule has 5 heterocycles. The maximum atomic E-state index is 9.16. The Bertz CT molecular complexity index is 2210. The van der Waals surface area contributed by atoms with Crippen LogP contribution in [0.3, 0.4) is 0 Å². The smallest absolute Gasteiger partial charge is 0.317 e. The fourth-order valence-electron chi connectivity index (χ4n) is 15.3. The zero-order valence-corrected chi connectivity index (χ0v) is 43.5. The molecule has 8 bridgehead atoms. The fourth-order valence-corrected chi connectivity index (χ4v) is 15.3. The molecule has 5 saturated heterocycles. The van der Waals surface area contributed by atoms with Gasteiger partial charge in [-0.15, -0.1) is 0 Å². The van der Waals surface area contributed by atoms with Crippen LogP contribution in [-0.2, 0) is 8.26 Å². The second kappa shape index (κ2) is 22.1. The highest BCUT2D eigenvalue weighted by atomic mass is 36.0. The van der Waals surface area contributed by atoms with E-state index < -0.39 is 8.26 Å². The van der Waals surface area contributed by atoms with Crippen molar-refractivity contribution in [3.63, 3.8) is 0 Å². The zero-order chi connectivity index (χ0) is 49.5. The van der Waals surface area contributed by atoms with Gasteiger partial charge in [0.1, 0.15) is 47.4 Å². The third-order valence-corrected chi connectivity index (χ3v) is 18.0. The lowest BCUT2D eigenvalue weighted by atomic mass is 9.74. The second-order valence-electron chi connectivity index (χ2n) is 22.1. The van der Waals surface area contributed by atoms with Gasteiger partial charge >= 0.3 is 8.26 Å². The predicted molar refractivity (Wildman–Crippen MR) is 283 cm³/mol. The van der Waals surface area contributed by atoms with Crippen molar-refractivity contribution in [2.45, 2.75) is 151 Å². The van der Waals surface area contributed by atoms with Gasteiger partial charge in [0, 0.05) is 45.0 Å². The molecule has 12 unspecified atom stereocenters. The Morgan fingerprint density at radius 3 is 0.699 bits per heavy atom. The van der Waals surface area contributed by atoms with Gasteiger partial charge in [0.2, 0.25) is 0 Å². The third kappa shape index (κ3) is 11.1. The molecule has 12 atom stereocenters. The minimum absolute atomic E-state index is 0.0354. The standard InChI is InChI=1S/C56H72N8O4.Cl2O2S/c1-5-17-33(18-6-1)65-41-29-13-25-37-45(41)53-57-49(37)62-54-47-39(27-15-31-43(47)67-35-21-9-3-10-22-35)51(59-54)64-56-48-40(28-16-32-44(48)68-36-23-11-4-12-24-36)52(60-56)63-55-46-38(50(58-55)61-53)26-14-30-42(46)66-34-19-7-2-8-20-34;1-5(2,3)4/h1-12,17-24,37-64H,13-16,25-32H2;. The van der Waals surface area contributed by atoms with Crippen molar-refractivity contribution in [3.8, 4) is 23.0 Å². The number of nitrogens with one attached hydrogen (secondary N) is 8. The Hall–Kier alpha value is -3.71. The molecule has 9 fully saturated rings. The van der Waals surface area contributed by atoms with Crippen LogP contribution in [0, 0.1) is 47.3 Å². The maximum absolute atomic E-state index is 9.16. The molecule has 392 valence electrons. The van der Waals surface area contributed by atoms with Gasteiger partial charge in [0.15, 0.2) is 0 Å². The first-order valence-electron chi connectivity index (χ1n) is 27.3. The highest BCUT2D eigenvalue weighted by Crippen LogP contribution is 2.48. The number of hydrogen-bond donors (Lipinski definition) is 8. The van der Waals surface area contributed by atoms with Crippen LogP contribution in [0.5, 0.6) is 23.0 Å². The molecule has 0 amide bonds. The van der Waals surface area contributed by atoms with Crippen molar-refractivity contribution in [3.05, 3.63) is 121 Å². The van der Waals surface area contributed by atoms with E-state index in [1.807, 2.05) is 0 Å². The summed E-state index contributed by atoms with van der Waals surface area (Å²) >= 11 is 0. The summed E-state index contributed by atoms with van der Waals surface area (Å²) in [5.41, 5.74) is 0. The molecule has 0 aromatic heterocycles. The van der Waals surface area contributed by atoms with Crippen LogP contribution >= 0.6 is 21.4 Å². The van der Waals surface area contributed by atoms with E-state index in [4.69, 9.17) is 27.4 Å². The molecule has 4 aromatic rings. The van der Waals surface area contributed by atoms with Crippen LogP contribution in [0.4, 0.5) is 0 Å². The Balaban J connectivity index is 0.00000104. The first-order valence-corrected chi connectivity index (χ1v) is 30.4. The SMILES string of the molecule is O=S(=O)(Cl)Cl.c1ccc(OC2CCCC3C4NC(NC5NC(NC6NC(NC7NC(N4)C4C(Oc8ccccc8)CCCC74)C4C(Oc7ccccc7)CCCC64)C4C(Oc6ccccc6)CCCC54)C23)cc1. The molecule has 14 nitrogen and oxygen atoms in total. The Labute approximate surface area is 439 Å². The summed E-state index contributed by atoms with van der Waals surface area (Å²) in [6.07, 6.45) is 14.1. The Morgan fingerprint density at radius 2 is 0.507 bits per heavy atom. The number of rotatable bonds is 8. The summed E-state index contributed by atoms with van der Waals surface area (Å²) in [7, 11) is 4.81. The lowest BCUT2D eigenvalue weighted by molar-refractivity contribution is 0.0250. The molecule has 5 aliphatic heterocycles. The molecule has 0 radical (unpaired) electrons. The van der Waals surface area contributed by atoms with Crippen molar-refractivity contribution in [2.24, 2.45) is 47.3 Å². The van der Waals surface area contributed by atoms with Crippen LogP contribution in [0.1, 0.15) is 77.0 Å². The van der Waals surface area contributed by atoms with E-state index in [0.717, 1.165) is 100 Å². The summed E-state index contributed by atoms with van der Waals surface area (Å²) in [4.78, 5) is 0. The minimum Gasteiger partial charge on any atom is -0.490 e. The van der Waals surface area contributed by atoms with E-state index >= 15 is 0 Å². The molecule has 13 rings (SSSR count). The first-order chi connectivity index (χ1) is 35.7. The third-order valence-electron chi connectivity index (χ3n) is 18.0. The highest BCUT2D eigenvalue weighted by molar-refractivity contribution is 8.31. The van der Waals surface area contributed by atoms with Crippen molar-refractivity contribution in [2.75, 3.05) is 0 Å². The normalized spacial score (nSPS) is 40.6. The average Bonchev–Trinajstić information content (AvgIpc) is 4.14. The summed E-state index contributed by atoms with van der Waals surface area (Å²) in [5.74, 6) is 6.39. The number of para-hydroxylation sites is 4. The van der Waals surface area contributed by atoms with Crippen LogP contribution in [0.2, 0.25) is 0 Å². The fraction of sp³-hybridized carbons (Fsp3) is 0.571. The number of hydrogen-bond acceptors (Lipinski definition) is 14. The average molecular weight is 1060 g/mol. The van der Waals surface area contributed by atoms with Gasteiger partial charge < -0.3 is 18.9 Å². The molecular weight excluding hydrogens is 984 g/mol. The van der Waals surface area contributed by atoms with Crippen LogP contribution in [0.25, 0.3) is 0 Å². The van der Waals surface area contributed by atoms with Crippen LogP contribution in [0.15, 0.2) is 121 Å². The van der Waals surface area contributed by atoms with Crippen molar-refractivity contribution in [1.82, 2.24) is 42.5 Å². The van der Waals surface area contributed by atoms with Gasteiger partial charge in [-0.2, -0.15) is 8.42 Å². The molecule has 9 aliphatic rings. The van der Waals surface area contributed by atoms with Crippen molar-refractivity contribution < 1.29 is 27.4 Å². The van der Waals surface area contributed by atoms with Gasteiger partial charge in [0.25, 0.3) is 0 Å². The van der Waals surface area contributed by atoms with Gasteiger partial charge in [-0.3, -0.25) is 42.5 Å². The largest absolute Gasteiger partial charge is 0.490 e. The summed E-state index contributed by atoms with van der Waals surface area (Å²) in [6.45, 7) is 0. The number of fused-ring (bicyclic) bond motifs is 20. The maximum Gasteiger partial charge on any atom is 0.317 e. The van der Waals surface area contributed by atoms with Gasteiger partial charge in [-0.25, -0.2) is 0 Å². The van der Waals surface area contributed by atoms with Crippen molar-refractivity contribution in [1.29, 1.82) is 0 Å². The second-order valence-corrected chi connectivity index (χ2v) is 25.8. The topological polar surface area (TPSA) is 167 Å². The number of halogens is 2. The lowest BCUT2D eigenvalue weighted by Crippen LogP contribution is -2.62. The van der Waals surface area contributed by atoms with E-state index in [9.17, 15) is 0 Å². The summed E-state index contributed by atoms with van der Waals surface area (Å²) in [6, 6.07) is 42.1.